The highest BCUT2D eigenvalue weighted by Gasteiger charge is 2.30. The van der Waals surface area contributed by atoms with E-state index in [0.717, 1.165) is 12.1 Å². The Bertz CT molecular complexity index is 745. The molecule has 0 saturated carbocycles. The van der Waals surface area contributed by atoms with Crippen molar-refractivity contribution < 1.29 is 0 Å². The summed E-state index contributed by atoms with van der Waals surface area (Å²) in [5, 5.41) is 8.55. The van der Waals surface area contributed by atoms with Crippen LogP contribution in [0.15, 0.2) is 54.7 Å². The molecule has 0 fully saturated rings. The molecule has 0 aliphatic heterocycles. The molecule has 1 heterocycles. The lowest BCUT2D eigenvalue weighted by Gasteiger charge is -2.13. The highest BCUT2D eigenvalue weighted by Crippen LogP contribution is 2.44. The molecular weight excluding hydrogens is 260 g/mol. The SMILES string of the molecule is NCCc1cn(C2c3ccccc3-c3ccccc32)nn1. The first-order chi connectivity index (χ1) is 10.4. The molecule has 0 unspecified atom stereocenters. The molecule has 104 valence electrons. The molecule has 0 saturated heterocycles. The third-order valence-corrected chi connectivity index (χ3v) is 4.02. The van der Waals surface area contributed by atoms with Crippen LogP contribution in [0.1, 0.15) is 22.9 Å². The summed E-state index contributed by atoms with van der Waals surface area (Å²) in [4.78, 5) is 0. The molecule has 0 spiro atoms. The molecule has 1 aromatic heterocycles. The Labute approximate surface area is 123 Å². The molecule has 3 aromatic rings. The minimum absolute atomic E-state index is 0.108. The summed E-state index contributed by atoms with van der Waals surface area (Å²) in [6, 6.07) is 17.1. The van der Waals surface area contributed by atoms with Crippen molar-refractivity contribution in [3.8, 4) is 11.1 Å². The van der Waals surface area contributed by atoms with E-state index in [1.807, 2.05) is 10.9 Å². The molecule has 4 nitrogen and oxygen atoms in total. The highest BCUT2D eigenvalue weighted by atomic mass is 15.4. The number of hydrogen-bond acceptors (Lipinski definition) is 3. The average Bonchev–Trinajstić information content (AvgIpc) is 3.10. The van der Waals surface area contributed by atoms with E-state index in [1.54, 1.807) is 0 Å². The van der Waals surface area contributed by atoms with Crippen LogP contribution in [0.2, 0.25) is 0 Å². The van der Waals surface area contributed by atoms with Gasteiger partial charge in [-0.1, -0.05) is 53.7 Å². The van der Waals surface area contributed by atoms with Crippen molar-refractivity contribution in [1.29, 1.82) is 0 Å². The quantitative estimate of drug-likeness (QED) is 0.625. The maximum Gasteiger partial charge on any atom is 0.105 e. The van der Waals surface area contributed by atoms with Crippen molar-refractivity contribution in [3.05, 3.63) is 71.5 Å². The number of nitrogens with two attached hydrogens (primary N) is 1. The predicted octanol–water partition coefficient (Wildman–Crippen LogP) is 2.40. The number of benzene rings is 2. The Hall–Kier alpha value is -2.46. The van der Waals surface area contributed by atoms with Gasteiger partial charge in [-0.2, -0.15) is 0 Å². The van der Waals surface area contributed by atoms with E-state index >= 15 is 0 Å². The lowest BCUT2D eigenvalue weighted by molar-refractivity contribution is 0.580. The second kappa shape index (κ2) is 4.82. The second-order valence-electron chi connectivity index (χ2n) is 5.31. The van der Waals surface area contributed by atoms with Gasteiger partial charge in [0.25, 0.3) is 0 Å². The number of fused-ring (bicyclic) bond motifs is 3. The van der Waals surface area contributed by atoms with Gasteiger partial charge in [-0.25, -0.2) is 4.68 Å². The molecule has 0 amide bonds. The topological polar surface area (TPSA) is 56.7 Å². The summed E-state index contributed by atoms with van der Waals surface area (Å²) < 4.78 is 1.95. The van der Waals surface area contributed by atoms with Gasteiger partial charge in [0, 0.05) is 12.6 Å². The summed E-state index contributed by atoms with van der Waals surface area (Å²) in [6.07, 6.45) is 2.77. The van der Waals surface area contributed by atoms with Crippen LogP contribution in [0.4, 0.5) is 0 Å². The van der Waals surface area contributed by atoms with Gasteiger partial charge in [0.05, 0.1) is 5.69 Å². The van der Waals surface area contributed by atoms with E-state index in [2.05, 4.69) is 58.8 Å². The van der Waals surface area contributed by atoms with Crippen molar-refractivity contribution in [2.75, 3.05) is 6.54 Å². The summed E-state index contributed by atoms with van der Waals surface area (Å²) in [7, 11) is 0. The van der Waals surface area contributed by atoms with E-state index in [-0.39, 0.29) is 6.04 Å². The van der Waals surface area contributed by atoms with Gasteiger partial charge in [-0.15, -0.1) is 5.10 Å². The average molecular weight is 276 g/mol. The van der Waals surface area contributed by atoms with Crippen molar-refractivity contribution in [2.24, 2.45) is 5.73 Å². The van der Waals surface area contributed by atoms with Crippen LogP contribution >= 0.6 is 0 Å². The molecule has 1 aliphatic carbocycles. The fourth-order valence-electron chi connectivity index (χ4n) is 3.12. The van der Waals surface area contributed by atoms with Crippen LogP contribution < -0.4 is 5.73 Å². The molecular formula is C17H16N4. The summed E-state index contributed by atoms with van der Waals surface area (Å²) in [5.74, 6) is 0. The third kappa shape index (κ3) is 1.87. The summed E-state index contributed by atoms with van der Waals surface area (Å²) in [5.41, 5.74) is 11.7. The van der Waals surface area contributed by atoms with Crippen molar-refractivity contribution in [1.82, 2.24) is 15.0 Å². The third-order valence-electron chi connectivity index (χ3n) is 4.02. The van der Waals surface area contributed by atoms with E-state index < -0.39 is 0 Å². The fourth-order valence-corrected chi connectivity index (χ4v) is 3.12. The van der Waals surface area contributed by atoms with Crippen LogP contribution in [-0.4, -0.2) is 21.5 Å². The predicted molar refractivity (Wildman–Crippen MR) is 81.9 cm³/mol. The van der Waals surface area contributed by atoms with Crippen LogP contribution in [0.5, 0.6) is 0 Å². The Morgan fingerprint density at radius 3 is 2.19 bits per heavy atom. The lowest BCUT2D eigenvalue weighted by Crippen LogP contribution is -2.10. The first-order valence-electron chi connectivity index (χ1n) is 7.17. The molecule has 0 radical (unpaired) electrons. The van der Waals surface area contributed by atoms with Crippen LogP contribution in [-0.2, 0) is 6.42 Å². The van der Waals surface area contributed by atoms with Crippen LogP contribution in [0.3, 0.4) is 0 Å². The zero-order valence-corrected chi connectivity index (χ0v) is 11.6. The molecule has 4 rings (SSSR count). The normalized spacial score (nSPS) is 13.2. The fraction of sp³-hybridized carbons (Fsp3) is 0.176. The number of nitrogens with zero attached hydrogens (tertiary/aromatic N) is 3. The smallest absolute Gasteiger partial charge is 0.105 e. The van der Waals surface area contributed by atoms with E-state index in [1.165, 1.54) is 22.3 Å². The minimum atomic E-state index is 0.108. The minimum Gasteiger partial charge on any atom is -0.330 e. The Balaban J connectivity index is 1.88. The van der Waals surface area contributed by atoms with E-state index in [9.17, 15) is 0 Å². The van der Waals surface area contributed by atoms with Crippen molar-refractivity contribution >= 4 is 0 Å². The van der Waals surface area contributed by atoms with Crippen LogP contribution in [0, 0.1) is 0 Å². The van der Waals surface area contributed by atoms with E-state index in [4.69, 9.17) is 5.73 Å². The zero-order valence-electron chi connectivity index (χ0n) is 11.6. The summed E-state index contributed by atoms with van der Waals surface area (Å²) >= 11 is 0. The van der Waals surface area contributed by atoms with Crippen molar-refractivity contribution in [2.45, 2.75) is 12.5 Å². The largest absolute Gasteiger partial charge is 0.330 e. The molecule has 1 aliphatic rings. The summed E-state index contributed by atoms with van der Waals surface area (Å²) in [6.45, 7) is 0.594. The molecule has 2 aromatic carbocycles. The first-order valence-corrected chi connectivity index (χ1v) is 7.17. The number of aromatic nitrogens is 3. The molecule has 0 bridgehead atoms. The Kier molecular flexibility index (Phi) is 2.82. The molecule has 0 atom stereocenters. The standard InChI is InChI=1S/C17H16N4/c18-10-9-12-11-21(20-19-12)17-15-7-3-1-5-13(15)14-6-2-4-8-16(14)17/h1-8,11,17H,9-10,18H2. The highest BCUT2D eigenvalue weighted by molar-refractivity contribution is 5.78. The first kappa shape index (κ1) is 12.3. The second-order valence-corrected chi connectivity index (χ2v) is 5.31. The molecule has 2 N–H and O–H groups in total. The molecule has 21 heavy (non-hydrogen) atoms. The Morgan fingerprint density at radius 2 is 1.57 bits per heavy atom. The molecule has 4 heteroatoms. The van der Waals surface area contributed by atoms with Crippen LogP contribution in [0.25, 0.3) is 11.1 Å². The maximum atomic E-state index is 5.60. The van der Waals surface area contributed by atoms with Crippen molar-refractivity contribution in [3.63, 3.8) is 0 Å². The number of rotatable bonds is 3. The number of hydrogen-bond donors (Lipinski definition) is 1. The zero-order chi connectivity index (χ0) is 14.2. The van der Waals surface area contributed by atoms with Gasteiger partial charge in [0.1, 0.15) is 6.04 Å². The van der Waals surface area contributed by atoms with Gasteiger partial charge in [0.2, 0.25) is 0 Å². The van der Waals surface area contributed by atoms with Gasteiger partial charge in [-0.3, -0.25) is 0 Å². The van der Waals surface area contributed by atoms with Gasteiger partial charge >= 0.3 is 0 Å². The maximum absolute atomic E-state index is 5.60. The Morgan fingerprint density at radius 1 is 0.952 bits per heavy atom. The van der Waals surface area contributed by atoms with Gasteiger partial charge in [0.15, 0.2) is 0 Å². The van der Waals surface area contributed by atoms with E-state index in [0.29, 0.717) is 6.54 Å². The van der Waals surface area contributed by atoms with Gasteiger partial charge < -0.3 is 5.73 Å². The lowest BCUT2D eigenvalue weighted by atomic mass is 10.1. The van der Waals surface area contributed by atoms with Gasteiger partial charge in [-0.05, 0) is 28.8 Å². The monoisotopic (exact) mass is 276 g/mol.